The molecule has 1 aromatic carbocycles. The molecule has 0 aliphatic carbocycles. The van der Waals surface area contributed by atoms with E-state index in [0.717, 1.165) is 18.0 Å². The predicted octanol–water partition coefficient (Wildman–Crippen LogP) is 4.02. The van der Waals surface area contributed by atoms with Crippen molar-refractivity contribution in [1.29, 1.82) is 0 Å². The summed E-state index contributed by atoms with van der Waals surface area (Å²) in [5, 5.41) is 0. The molecule has 0 aromatic heterocycles. The molecule has 0 spiro atoms. The van der Waals surface area contributed by atoms with E-state index in [4.69, 9.17) is 4.74 Å². The van der Waals surface area contributed by atoms with E-state index in [-0.39, 0.29) is 0 Å². The third-order valence-electron chi connectivity index (χ3n) is 4.27. The van der Waals surface area contributed by atoms with Gasteiger partial charge in [0.25, 0.3) is 0 Å². The zero-order valence-electron chi connectivity index (χ0n) is 13.0. The van der Waals surface area contributed by atoms with Gasteiger partial charge in [-0.25, -0.2) is 0 Å². The number of likely N-dealkylation sites (tertiary alicyclic amines) is 1. The van der Waals surface area contributed by atoms with Gasteiger partial charge >= 0.3 is 141 Å². The number of rotatable bonds is 9. The maximum absolute atomic E-state index is 5.65. The Kier molecular flexibility index (Phi) is 8.62. The van der Waals surface area contributed by atoms with E-state index < -0.39 is 0 Å². The minimum atomic E-state index is 0.662. The first-order chi connectivity index (χ1) is 10.4. The first-order valence-corrected chi connectivity index (χ1v) is 9.75. The number of benzene rings is 1. The van der Waals surface area contributed by atoms with E-state index >= 15 is 0 Å². The van der Waals surface area contributed by atoms with Crippen LogP contribution in [0, 0.1) is 0 Å². The van der Waals surface area contributed by atoms with Crippen LogP contribution in [0.15, 0.2) is 30.3 Å². The van der Waals surface area contributed by atoms with Crippen molar-refractivity contribution < 1.29 is 24.6 Å². The quantitative estimate of drug-likeness (QED) is 0.481. The molecular formula is C18H28MoNO. The molecule has 1 aliphatic heterocycles. The first-order valence-electron chi connectivity index (χ1n) is 8.33. The molecule has 1 fully saturated rings. The van der Waals surface area contributed by atoms with Crippen LogP contribution < -0.4 is 0 Å². The molecule has 0 radical (unpaired) electrons. The van der Waals surface area contributed by atoms with E-state index in [1.165, 1.54) is 57.3 Å². The molecule has 2 nitrogen and oxygen atoms in total. The standard InChI is InChI=1S/C18H28NO.Mo/c1-2-20-15-9-12-18(17-10-5-3-6-11-17)16-19-13-7-4-8-14-19;/h3,5-6,10-11,18H,1-2,4,7-9,12-16H2;/t18-;/m1./s1. The molecule has 1 aliphatic rings. The van der Waals surface area contributed by atoms with Gasteiger partial charge in [-0.05, 0) is 0 Å². The van der Waals surface area contributed by atoms with Crippen LogP contribution in [0.4, 0.5) is 0 Å². The van der Waals surface area contributed by atoms with E-state index in [1.54, 1.807) is 0 Å². The third-order valence-corrected chi connectivity index (χ3v) is 4.68. The Morgan fingerprint density at radius 3 is 2.52 bits per heavy atom. The van der Waals surface area contributed by atoms with Gasteiger partial charge < -0.3 is 0 Å². The monoisotopic (exact) mass is 372 g/mol. The van der Waals surface area contributed by atoms with Gasteiger partial charge in [0.2, 0.25) is 0 Å². The first kappa shape index (κ1) is 17.2. The summed E-state index contributed by atoms with van der Waals surface area (Å²) in [7, 11) is 0. The molecule has 1 aromatic rings. The average molecular weight is 370 g/mol. The van der Waals surface area contributed by atoms with Gasteiger partial charge in [0.15, 0.2) is 0 Å². The molecule has 0 saturated carbocycles. The average Bonchev–Trinajstić information content (AvgIpc) is 2.55. The van der Waals surface area contributed by atoms with Gasteiger partial charge in [-0.15, -0.1) is 0 Å². The number of piperidine rings is 1. The SMILES string of the molecule is [Mo][CH2]COCCC[C@H](CN1CCCCC1)c1ccccc1. The van der Waals surface area contributed by atoms with Gasteiger partial charge in [-0.3, -0.25) is 0 Å². The summed E-state index contributed by atoms with van der Waals surface area (Å²) in [4.78, 5) is 3.79. The Balaban J connectivity index is 1.84. The normalized spacial score (nSPS) is 17.7. The summed E-state index contributed by atoms with van der Waals surface area (Å²) in [5.41, 5.74) is 1.50. The summed E-state index contributed by atoms with van der Waals surface area (Å²) >= 11 is 2.10. The number of ether oxygens (including phenoxy) is 1. The molecule has 0 amide bonds. The van der Waals surface area contributed by atoms with Crippen molar-refractivity contribution in [2.75, 3.05) is 32.8 Å². The molecule has 117 valence electrons. The molecule has 0 bridgehead atoms. The fourth-order valence-corrected chi connectivity index (χ4v) is 3.42. The molecule has 3 heteroatoms. The zero-order valence-corrected chi connectivity index (χ0v) is 15.0. The summed E-state index contributed by atoms with van der Waals surface area (Å²) in [6.45, 7) is 5.62. The van der Waals surface area contributed by atoms with Crippen molar-refractivity contribution in [3.05, 3.63) is 35.9 Å². The second-order valence-corrected chi connectivity index (χ2v) is 6.93. The van der Waals surface area contributed by atoms with Gasteiger partial charge in [0.05, 0.1) is 0 Å². The van der Waals surface area contributed by atoms with Crippen LogP contribution in [0.2, 0.25) is 4.81 Å². The summed E-state index contributed by atoms with van der Waals surface area (Å²) in [5.74, 6) is 0.662. The van der Waals surface area contributed by atoms with Crippen LogP contribution in [0.25, 0.3) is 0 Å². The Labute approximate surface area is 141 Å². The molecule has 2 rings (SSSR count). The molecule has 1 heterocycles. The van der Waals surface area contributed by atoms with Crippen molar-refractivity contribution in [2.45, 2.75) is 42.8 Å². The van der Waals surface area contributed by atoms with Gasteiger partial charge in [-0.2, -0.15) is 0 Å². The van der Waals surface area contributed by atoms with E-state index in [9.17, 15) is 0 Å². The molecular weight excluding hydrogens is 342 g/mol. The molecule has 21 heavy (non-hydrogen) atoms. The third kappa shape index (κ3) is 6.63. The Morgan fingerprint density at radius 1 is 1.05 bits per heavy atom. The van der Waals surface area contributed by atoms with Crippen LogP contribution in [-0.2, 0) is 24.6 Å². The zero-order chi connectivity index (χ0) is 14.8. The van der Waals surface area contributed by atoms with Gasteiger partial charge in [0, 0.05) is 0 Å². The van der Waals surface area contributed by atoms with Crippen molar-refractivity contribution in [3.63, 3.8) is 0 Å². The predicted molar refractivity (Wildman–Crippen MR) is 84.3 cm³/mol. The number of hydrogen-bond acceptors (Lipinski definition) is 2. The van der Waals surface area contributed by atoms with Crippen molar-refractivity contribution in [2.24, 2.45) is 0 Å². The van der Waals surface area contributed by atoms with E-state index in [1.807, 2.05) is 0 Å². The number of hydrogen-bond donors (Lipinski definition) is 0. The Hall–Kier alpha value is -0.172. The fourth-order valence-electron chi connectivity index (χ4n) is 3.13. The second kappa shape index (κ2) is 10.5. The summed E-state index contributed by atoms with van der Waals surface area (Å²) in [6.07, 6.45) is 6.58. The minimum absolute atomic E-state index is 0.662. The van der Waals surface area contributed by atoms with Crippen LogP contribution in [0.5, 0.6) is 0 Å². The van der Waals surface area contributed by atoms with Crippen LogP contribution in [0.1, 0.15) is 43.6 Å². The number of nitrogens with zero attached hydrogens (tertiary/aromatic N) is 1. The Bertz CT molecular complexity index is 365. The fraction of sp³-hybridized carbons (Fsp3) is 0.667. The summed E-state index contributed by atoms with van der Waals surface area (Å²) < 4.78 is 5.65. The molecule has 0 N–H and O–H groups in total. The van der Waals surface area contributed by atoms with Crippen molar-refractivity contribution in [1.82, 2.24) is 4.90 Å². The molecule has 0 unspecified atom stereocenters. The van der Waals surface area contributed by atoms with Crippen LogP contribution in [0.3, 0.4) is 0 Å². The molecule has 1 atom stereocenters. The maximum atomic E-state index is 5.65. The van der Waals surface area contributed by atoms with Gasteiger partial charge in [0.1, 0.15) is 0 Å². The Morgan fingerprint density at radius 2 is 1.81 bits per heavy atom. The van der Waals surface area contributed by atoms with Crippen LogP contribution >= 0.6 is 0 Å². The van der Waals surface area contributed by atoms with Crippen molar-refractivity contribution >= 4 is 0 Å². The topological polar surface area (TPSA) is 12.5 Å². The van der Waals surface area contributed by atoms with E-state index in [0.29, 0.717) is 5.92 Å². The van der Waals surface area contributed by atoms with Crippen molar-refractivity contribution in [3.8, 4) is 0 Å². The van der Waals surface area contributed by atoms with Crippen LogP contribution in [-0.4, -0.2) is 37.7 Å². The summed E-state index contributed by atoms with van der Waals surface area (Å²) in [6, 6.07) is 11.1. The second-order valence-electron chi connectivity index (χ2n) is 5.93. The molecule has 1 saturated heterocycles. The van der Waals surface area contributed by atoms with Gasteiger partial charge in [-0.1, -0.05) is 0 Å². The van der Waals surface area contributed by atoms with E-state index in [2.05, 4.69) is 55.0 Å².